The zero-order chi connectivity index (χ0) is 13.5. The van der Waals surface area contributed by atoms with Crippen molar-refractivity contribution in [2.24, 2.45) is 0 Å². The van der Waals surface area contributed by atoms with Crippen LogP contribution in [0.5, 0.6) is 0 Å². The SMILES string of the molecule is CSc1cncc(NCC(O)CN2CCCCC2)n1. The Morgan fingerprint density at radius 1 is 1.37 bits per heavy atom. The number of nitrogens with zero attached hydrogens (tertiary/aromatic N) is 3. The Balaban J connectivity index is 1.74. The van der Waals surface area contributed by atoms with Crippen molar-refractivity contribution in [1.82, 2.24) is 14.9 Å². The molecule has 6 heteroatoms. The molecule has 2 N–H and O–H groups in total. The lowest BCUT2D eigenvalue weighted by atomic mass is 10.1. The summed E-state index contributed by atoms with van der Waals surface area (Å²) >= 11 is 1.56. The lowest BCUT2D eigenvalue weighted by Crippen LogP contribution is -2.39. The molecule has 1 aliphatic heterocycles. The predicted octanol–water partition coefficient (Wildman–Crippen LogP) is 1.46. The summed E-state index contributed by atoms with van der Waals surface area (Å²) in [6, 6.07) is 0. The Kier molecular flexibility index (Phi) is 5.88. The van der Waals surface area contributed by atoms with Gasteiger partial charge in [-0.25, -0.2) is 4.98 Å². The van der Waals surface area contributed by atoms with Crippen LogP contribution >= 0.6 is 11.8 Å². The Bertz CT molecular complexity index is 385. The fraction of sp³-hybridized carbons (Fsp3) is 0.692. The molecule has 1 aromatic heterocycles. The average molecular weight is 282 g/mol. The van der Waals surface area contributed by atoms with Crippen molar-refractivity contribution in [3.63, 3.8) is 0 Å². The number of hydrogen-bond donors (Lipinski definition) is 2. The molecule has 1 saturated heterocycles. The van der Waals surface area contributed by atoms with E-state index < -0.39 is 0 Å². The highest BCUT2D eigenvalue weighted by Gasteiger charge is 2.14. The molecule has 2 heterocycles. The number of aromatic nitrogens is 2. The first kappa shape index (κ1) is 14.6. The Morgan fingerprint density at radius 3 is 2.89 bits per heavy atom. The fourth-order valence-corrected chi connectivity index (χ4v) is 2.61. The minimum Gasteiger partial charge on any atom is -0.390 e. The molecule has 19 heavy (non-hydrogen) atoms. The number of piperidine rings is 1. The second-order valence-electron chi connectivity index (χ2n) is 4.84. The van der Waals surface area contributed by atoms with Gasteiger partial charge in [-0.3, -0.25) is 4.98 Å². The van der Waals surface area contributed by atoms with Crippen LogP contribution < -0.4 is 5.32 Å². The van der Waals surface area contributed by atoms with E-state index in [2.05, 4.69) is 20.2 Å². The van der Waals surface area contributed by atoms with E-state index >= 15 is 0 Å². The third-order valence-electron chi connectivity index (χ3n) is 3.26. The zero-order valence-corrected chi connectivity index (χ0v) is 12.2. The van der Waals surface area contributed by atoms with E-state index in [1.807, 2.05) is 6.26 Å². The van der Waals surface area contributed by atoms with E-state index in [1.165, 1.54) is 19.3 Å². The number of hydrogen-bond acceptors (Lipinski definition) is 6. The van der Waals surface area contributed by atoms with Crippen LogP contribution in [0.2, 0.25) is 0 Å². The van der Waals surface area contributed by atoms with Crippen LogP contribution in [0.4, 0.5) is 5.82 Å². The summed E-state index contributed by atoms with van der Waals surface area (Å²) in [5.74, 6) is 0.726. The summed E-state index contributed by atoms with van der Waals surface area (Å²) in [4.78, 5) is 10.8. The minimum atomic E-state index is -0.363. The molecular formula is C13H22N4OS. The molecule has 0 amide bonds. The third-order valence-corrected chi connectivity index (χ3v) is 3.87. The molecule has 0 saturated carbocycles. The highest BCUT2D eigenvalue weighted by molar-refractivity contribution is 7.98. The average Bonchev–Trinajstić information content (AvgIpc) is 2.46. The van der Waals surface area contributed by atoms with Crippen molar-refractivity contribution in [3.8, 4) is 0 Å². The van der Waals surface area contributed by atoms with Gasteiger partial charge in [-0.05, 0) is 32.2 Å². The highest BCUT2D eigenvalue weighted by atomic mass is 32.2. The van der Waals surface area contributed by atoms with Crippen LogP contribution in [0.25, 0.3) is 0 Å². The number of aliphatic hydroxyl groups is 1. The lowest BCUT2D eigenvalue weighted by Gasteiger charge is -2.28. The number of rotatable bonds is 6. The van der Waals surface area contributed by atoms with E-state index in [0.29, 0.717) is 6.54 Å². The van der Waals surface area contributed by atoms with Crippen molar-refractivity contribution < 1.29 is 5.11 Å². The molecule has 1 atom stereocenters. The fourth-order valence-electron chi connectivity index (χ4n) is 2.26. The van der Waals surface area contributed by atoms with Crippen LogP contribution in [-0.2, 0) is 0 Å². The molecule has 0 aromatic carbocycles. The second-order valence-corrected chi connectivity index (χ2v) is 5.67. The molecule has 0 radical (unpaired) electrons. The molecule has 1 aromatic rings. The number of aliphatic hydroxyl groups excluding tert-OH is 1. The standard InChI is InChI=1S/C13H22N4OS/c1-19-13-9-14-8-12(16-13)15-7-11(18)10-17-5-3-2-4-6-17/h8-9,11,18H,2-7,10H2,1H3,(H,15,16). The van der Waals surface area contributed by atoms with Gasteiger partial charge in [0.05, 0.1) is 18.5 Å². The Labute approximate surface area is 118 Å². The molecule has 0 bridgehead atoms. The Hall–Kier alpha value is -0.850. The number of thioether (sulfide) groups is 1. The van der Waals surface area contributed by atoms with E-state index in [0.717, 1.165) is 30.5 Å². The van der Waals surface area contributed by atoms with E-state index in [-0.39, 0.29) is 6.10 Å². The quantitative estimate of drug-likeness (QED) is 0.770. The van der Waals surface area contributed by atoms with Gasteiger partial charge in [-0.2, -0.15) is 0 Å². The van der Waals surface area contributed by atoms with Crippen molar-refractivity contribution in [2.45, 2.75) is 30.4 Å². The number of anilines is 1. The van der Waals surface area contributed by atoms with Crippen molar-refractivity contribution in [2.75, 3.05) is 37.8 Å². The first-order valence-electron chi connectivity index (χ1n) is 6.78. The molecule has 106 valence electrons. The maximum absolute atomic E-state index is 10.0. The van der Waals surface area contributed by atoms with E-state index in [9.17, 15) is 5.11 Å². The van der Waals surface area contributed by atoms with Crippen LogP contribution in [-0.4, -0.2) is 58.5 Å². The van der Waals surface area contributed by atoms with Crippen LogP contribution in [0.3, 0.4) is 0 Å². The normalized spacial score (nSPS) is 18.2. The number of likely N-dealkylation sites (tertiary alicyclic amines) is 1. The van der Waals surface area contributed by atoms with Gasteiger partial charge in [-0.1, -0.05) is 6.42 Å². The first-order chi connectivity index (χ1) is 9.28. The lowest BCUT2D eigenvalue weighted by molar-refractivity contribution is 0.109. The van der Waals surface area contributed by atoms with Gasteiger partial charge < -0.3 is 15.3 Å². The molecule has 1 unspecified atom stereocenters. The van der Waals surface area contributed by atoms with Crippen molar-refractivity contribution >= 4 is 17.6 Å². The van der Waals surface area contributed by atoms with Crippen molar-refractivity contribution in [3.05, 3.63) is 12.4 Å². The highest BCUT2D eigenvalue weighted by Crippen LogP contribution is 2.12. The van der Waals surface area contributed by atoms with E-state index in [1.54, 1.807) is 24.2 Å². The van der Waals surface area contributed by atoms with Crippen LogP contribution in [0.1, 0.15) is 19.3 Å². The predicted molar refractivity (Wildman–Crippen MR) is 78.6 cm³/mol. The largest absolute Gasteiger partial charge is 0.390 e. The minimum absolute atomic E-state index is 0.363. The zero-order valence-electron chi connectivity index (χ0n) is 11.4. The second kappa shape index (κ2) is 7.67. The molecule has 2 rings (SSSR count). The summed E-state index contributed by atoms with van der Waals surface area (Å²) in [5.41, 5.74) is 0. The first-order valence-corrected chi connectivity index (χ1v) is 8.01. The van der Waals surface area contributed by atoms with Crippen LogP contribution in [0.15, 0.2) is 17.4 Å². The number of β-amino-alcohol motifs (C(OH)–C–C–N with tert-alkyl or cyclic N) is 1. The summed E-state index contributed by atoms with van der Waals surface area (Å²) < 4.78 is 0. The van der Waals surface area contributed by atoms with Gasteiger partial charge >= 0.3 is 0 Å². The maximum Gasteiger partial charge on any atom is 0.145 e. The summed E-state index contributed by atoms with van der Waals surface area (Å²) in [6.45, 7) is 3.48. The smallest absolute Gasteiger partial charge is 0.145 e. The van der Waals surface area contributed by atoms with Gasteiger partial charge in [0.15, 0.2) is 0 Å². The van der Waals surface area contributed by atoms with Gasteiger partial charge in [0.1, 0.15) is 10.8 Å². The van der Waals surface area contributed by atoms with Gasteiger partial charge in [0.25, 0.3) is 0 Å². The summed E-state index contributed by atoms with van der Waals surface area (Å²) in [7, 11) is 0. The molecular weight excluding hydrogens is 260 g/mol. The molecule has 1 aliphatic rings. The molecule has 0 spiro atoms. The molecule has 1 fully saturated rings. The van der Waals surface area contributed by atoms with Gasteiger partial charge in [-0.15, -0.1) is 11.8 Å². The molecule has 5 nitrogen and oxygen atoms in total. The van der Waals surface area contributed by atoms with Crippen LogP contribution in [0, 0.1) is 0 Å². The number of nitrogens with one attached hydrogen (secondary N) is 1. The van der Waals surface area contributed by atoms with E-state index in [4.69, 9.17) is 0 Å². The summed E-state index contributed by atoms with van der Waals surface area (Å²) in [6.07, 6.45) is 8.86. The third kappa shape index (κ3) is 4.97. The monoisotopic (exact) mass is 282 g/mol. The molecule has 0 aliphatic carbocycles. The topological polar surface area (TPSA) is 61.3 Å². The summed E-state index contributed by atoms with van der Waals surface area (Å²) in [5, 5.41) is 14.1. The van der Waals surface area contributed by atoms with Gasteiger partial charge in [0, 0.05) is 13.1 Å². The van der Waals surface area contributed by atoms with Crippen molar-refractivity contribution in [1.29, 1.82) is 0 Å². The maximum atomic E-state index is 10.0. The Morgan fingerprint density at radius 2 is 2.16 bits per heavy atom. The van der Waals surface area contributed by atoms with Gasteiger partial charge in [0.2, 0.25) is 0 Å².